The molecule has 0 aromatic heterocycles. The first-order valence-corrected chi connectivity index (χ1v) is 7.97. The van der Waals surface area contributed by atoms with Gasteiger partial charge in [-0.3, -0.25) is 4.90 Å². The highest BCUT2D eigenvalue weighted by Gasteiger charge is 2.34. The molecule has 1 fully saturated rings. The number of nitrogens with one attached hydrogen (secondary N) is 1. The van der Waals surface area contributed by atoms with Crippen LogP contribution in [-0.2, 0) is 6.42 Å². The van der Waals surface area contributed by atoms with Gasteiger partial charge in [-0.2, -0.15) is 0 Å². The van der Waals surface area contributed by atoms with Crippen LogP contribution in [0.4, 0.5) is 5.69 Å². The number of likely N-dealkylation sites (tertiary alicyclic amines) is 1. The van der Waals surface area contributed by atoms with E-state index in [0.29, 0.717) is 6.04 Å². The summed E-state index contributed by atoms with van der Waals surface area (Å²) in [6, 6.07) is 7.77. The van der Waals surface area contributed by atoms with Gasteiger partial charge in [-0.05, 0) is 62.6 Å². The van der Waals surface area contributed by atoms with Crippen molar-refractivity contribution in [3.05, 3.63) is 29.3 Å². The average molecular weight is 273 g/mol. The number of benzene rings is 1. The molecule has 0 saturated carbocycles. The van der Waals surface area contributed by atoms with Crippen LogP contribution in [0.15, 0.2) is 18.2 Å². The smallest absolute Gasteiger partial charge is 0.0397 e. The molecule has 0 radical (unpaired) electrons. The molecule has 1 aromatic carbocycles. The maximum Gasteiger partial charge on any atom is 0.0397 e. The molecule has 110 valence electrons. The number of anilines is 1. The largest absolute Gasteiger partial charge is 0.374 e. The monoisotopic (exact) mass is 273 g/mol. The third-order valence-corrected chi connectivity index (χ3v) is 5.07. The molecule has 2 aliphatic rings. The molecular formula is C17H27N3. The van der Waals surface area contributed by atoms with Crippen molar-refractivity contribution in [1.29, 1.82) is 0 Å². The van der Waals surface area contributed by atoms with Crippen LogP contribution in [0, 0.1) is 5.92 Å². The summed E-state index contributed by atoms with van der Waals surface area (Å²) in [5, 5.41) is 3.38. The number of fused-ring (bicyclic) bond motifs is 1. The highest BCUT2D eigenvalue weighted by molar-refractivity contribution is 5.58. The molecule has 0 amide bonds. The van der Waals surface area contributed by atoms with Crippen LogP contribution < -0.4 is 10.2 Å². The molecule has 0 spiro atoms. The van der Waals surface area contributed by atoms with Crippen LogP contribution in [0.2, 0.25) is 0 Å². The molecular weight excluding hydrogens is 246 g/mol. The zero-order chi connectivity index (χ0) is 14.1. The van der Waals surface area contributed by atoms with Crippen LogP contribution >= 0.6 is 0 Å². The summed E-state index contributed by atoms with van der Waals surface area (Å²) >= 11 is 0. The maximum absolute atomic E-state index is 3.38. The van der Waals surface area contributed by atoms with Gasteiger partial charge in [0.25, 0.3) is 0 Å². The van der Waals surface area contributed by atoms with Crippen molar-refractivity contribution in [1.82, 2.24) is 10.2 Å². The molecule has 1 saturated heterocycles. The second-order valence-electron chi connectivity index (χ2n) is 6.24. The molecule has 3 heteroatoms. The van der Waals surface area contributed by atoms with Crippen molar-refractivity contribution in [2.24, 2.45) is 5.92 Å². The van der Waals surface area contributed by atoms with Crippen LogP contribution in [-0.4, -0.2) is 45.2 Å². The number of hydrogen-bond acceptors (Lipinski definition) is 3. The quantitative estimate of drug-likeness (QED) is 0.908. The maximum atomic E-state index is 3.38. The summed E-state index contributed by atoms with van der Waals surface area (Å²) in [4.78, 5) is 5.01. The van der Waals surface area contributed by atoms with Crippen LogP contribution in [0.3, 0.4) is 0 Å². The number of hydrogen-bond donors (Lipinski definition) is 1. The van der Waals surface area contributed by atoms with E-state index in [-0.39, 0.29) is 0 Å². The normalized spacial score (nSPS) is 26.2. The second kappa shape index (κ2) is 5.74. The van der Waals surface area contributed by atoms with E-state index < -0.39 is 0 Å². The van der Waals surface area contributed by atoms with E-state index in [9.17, 15) is 0 Å². The highest BCUT2D eigenvalue weighted by Crippen LogP contribution is 2.39. The number of rotatable bonds is 4. The van der Waals surface area contributed by atoms with Crippen molar-refractivity contribution >= 4 is 5.69 Å². The van der Waals surface area contributed by atoms with Gasteiger partial charge < -0.3 is 10.2 Å². The van der Waals surface area contributed by atoms with E-state index >= 15 is 0 Å². The fourth-order valence-corrected chi connectivity index (χ4v) is 4.01. The Morgan fingerprint density at radius 1 is 1.30 bits per heavy atom. The Balaban J connectivity index is 1.89. The molecule has 2 heterocycles. The van der Waals surface area contributed by atoms with E-state index in [1.54, 1.807) is 0 Å². The molecule has 1 N–H and O–H groups in total. The van der Waals surface area contributed by atoms with Crippen molar-refractivity contribution in [3.8, 4) is 0 Å². The Bertz CT molecular complexity index is 471. The molecule has 1 aromatic rings. The van der Waals surface area contributed by atoms with Crippen LogP contribution in [0.25, 0.3) is 0 Å². The van der Waals surface area contributed by atoms with Crippen molar-refractivity contribution in [2.45, 2.75) is 25.8 Å². The van der Waals surface area contributed by atoms with Crippen LogP contribution in [0.5, 0.6) is 0 Å². The summed E-state index contributed by atoms with van der Waals surface area (Å²) in [7, 11) is 4.27. The lowest BCUT2D eigenvalue weighted by Crippen LogP contribution is -2.29. The summed E-state index contributed by atoms with van der Waals surface area (Å²) in [6.45, 7) is 6.97. The summed E-state index contributed by atoms with van der Waals surface area (Å²) in [6.07, 6.45) is 2.52. The molecule has 2 unspecified atom stereocenters. The molecule has 20 heavy (non-hydrogen) atoms. The minimum Gasteiger partial charge on any atom is -0.374 e. The van der Waals surface area contributed by atoms with Gasteiger partial charge in [0, 0.05) is 25.3 Å². The van der Waals surface area contributed by atoms with E-state index in [1.165, 1.54) is 42.7 Å². The van der Waals surface area contributed by atoms with E-state index in [1.807, 2.05) is 0 Å². The Morgan fingerprint density at radius 2 is 2.15 bits per heavy atom. The van der Waals surface area contributed by atoms with E-state index in [4.69, 9.17) is 0 Å². The van der Waals surface area contributed by atoms with Gasteiger partial charge in [0.1, 0.15) is 0 Å². The summed E-state index contributed by atoms with van der Waals surface area (Å²) in [5.74, 6) is 0.747. The first-order chi connectivity index (χ1) is 9.74. The molecule has 2 aliphatic heterocycles. The minimum absolute atomic E-state index is 0.601. The standard InChI is InChI=1S/C17H27N3/c1-4-20-10-8-15(12-18-2)17(20)14-5-6-16-13(11-14)7-9-19(16)3/h5-6,11,15,17-18H,4,7-10,12H2,1-3H3. The second-order valence-corrected chi connectivity index (χ2v) is 6.24. The topological polar surface area (TPSA) is 18.5 Å². The summed E-state index contributed by atoms with van der Waals surface area (Å²) < 4.78 is 0. The lowest BCUT2D eigenvalue weighted by Gasteiger charge is -2.28. The molecule has 0 aliphatic carbocycles. The fraction of sp³-hybridized carbons (Fsp3) is 0.647. The number of likely N-dealkylation sites (N-methyl/N-ethyl adjacent to an activating group) is 1. The fourth-order valence-electron chi connectivity index (χ4n) is 4.01. The predicted molar refractivity (Wildman–Crippen MR) is 85.4 cm³/mol. The van der Waals surface area contributed by atoms with Crippen molar-refractivity contribution in [3.63, 3.8) is 0 Å². The lowest BCUT2D eigenvalue weighted by molar-refractivity contribution is 0.238. The number of nitrogens with zero attached hydrogens (tertiary/aromatic N) is 2. The van der Waals surface area contributed by atoms with Gasteiger partial charge in [0.05, 0.1) is 0 Å². The first kappa shape index (κ1) is 13.9. The molecule has 3 nitrogen and oxygen atoms in total. The van der Waals surface area contributed by atoms with Gasteiger partial charge in [-0.15, -0.1) is 0 Å². The zero-order valence-corrected chi connectivity index (χ0v) is 13.0. The van der Waals surface area contributed by atoms with Gasteiger partial charge >= 0.3 is 0 Å². The van der Waals surface area contributed by atoms with Crippen molar-refractivity contribution in [2.75, 3.05) is 45.2 Å². The Hall–Kier alpha value is -1.06. The lowest BCUT2D eigenvalue weighted by atomic mass is 9.92. The van der Waals surface area contributed by atoms with Gasteiger partial charge in [-0.1, -0.05) is 19.1 Å². The Kier molecular flexibility index (Phi) is 3.99. The summed E-state index contributed by atoms with van der Waals surface area (Å²) in [5.41, 5.74) is 4.50. The Labute approximate surface area is 123 Å². The third kappa shape index (κ3) is 2.33. The zero-order valence-electron chi connectivity index (χ0n) is 13.0. The first-order valence-electron chi connectivity index (χ1n) is 7.97. The van der Waals surface area contributed by atoms with Crippen molar-refractivity contribution < 1.29 is 0 Å². The van der Waals surface area contributed by atoms with E-state index in [2.05, 4.69) is 54.3 Å². The third-order valence-electron chi connectivity index (χ3n) is 5.07. The van der Waals surface area contributed by atoms with Crippen LogP contribution in [0.1, 0.15) is 30.5 Å². The minimum atomic E-state index is 0.601. The van der Waals surface area contributed by atoms with Gasteiger partial charge in [0.15, 0.2) is 0 Å². The van der Waals surface area contributed by atoms with E-state index in [0.717, 1.165) is 19.0 Å². The molecule has 2 atom stereocenters. The van der Waals surface area contributed by atoms with Gasteiger partial charge in [0.2, 0.25) is 0 Å². The average Bonchev–Trinajstić information content (AvgIpc) is 3.03. The van der Waals surface area contributed by atoms with Gasteiger partial charge in [-0.25, -0.2) is 0 Å². The molecule has 3 rings (SSSR count). The predicted octanol–water partition coefficient (Wildman–Crippen LogP) is 2.28. The Morgan fingerprint density at radius 3 is 2.90 bits per heavy atom. The highest BCUT2D eigenvalue weighted by atomic mass is 15.2. The molecule has 0 bridgehead atoms. The SMILES string of the molecule is CCN1CCC(CNC)C1c1ccc2c(c1)CCN2C.